The van der Waals surface area contributed by atoms with Crippen molar-refractivity contribution in [2.45, 2.75) is 40.2 Å². The molecule has 0 fully saturated rings. The van der Waals surface area contributed by atoms with E-state index >= 15 is 0 Å². The molecule has 0 N–H and O–H groups in total. The van der Waals surface area contributed by atoms with Gasteiger partial charge in [0.25, 0.3) is 6.71 Å². The molecule has 10 aromatic rings. The maximum Gasteiger partial charge on any atom is 0.252 e. The number of hydrogen-bond donors (Lipinski definition) is 0. The summed E-state index contributed by atoms with van der Waals surface area (Å²) in [6.07, 6.45) is 24.3. The van der Waals surface area contributed by atoms with E-state index in [1.807, 2.05) is 24.3 Å². The summed E-state index contributed by atoms with van der Waals surface area (Å²) in [6, 6.07) is 64.6. The van der Waals surface area contributed by atoms with Crippen molar-refractivity contribution in [3.63, 3.8) is 0 Å². The average molecular weight is 1000 g/mol. The van der Waals surface area contributed by atoms with Gasteiger partial charge >= 0.3 is 0 Å². The van der Waals surface area contributed by atoms with Crippen LogP contribution in [0.4, 0.5) is 22.7 Å². The lowest BCUT2D eigenvalue weighted by molar-refractivity contribution is 0.669. The van der Waals surface area contributed by atoms with Crippen LogP contribution < -0.4 is 36.8 Å². The van der Waals surface area contributed by atoms with Crippen molar-refractivity contribution in [2.75, 3.05) is 9.80 Å². The van der Waals surface area contributed by atoms with Gasteiger partial charge in [0.1, 0.15) is 11.2 Å². The molecular weight excluding hydrogens is 946 g/mol. The average Bonchev–Trinajstić information content (AvgIpc) is 3.93. The maximum absolute atomic E-state index is 6.53. The molecule has 4 nitrogen and oxygen atoms in total. The third-order valence-corrected chi connectivity index (χ3v) is 15.7. The van der Waals surface area contributed by atoms with Gasteiger partial charge in [0.15, 0.2) is 0 Å². The third-order valence-electron chi connectivity index (χ3n) is 15.7. The Morgan fingerprint density at radius 1 is 0.718 bits per heavy atom. The molecule has 4 heterocycles. The van der Waals surface area contributed by atoms with Crippen LogP contribution in [-0.4, -0.2) is 17.3 Å². The van der Waals surface area contributed by atoms with Crippen molar-refractivity contribution < 1.29 is 4.42 Å². The molecule has 2 aliphatic heterocycles. The van der Waals surface area contributed by atoms with Gasteiger partial charge in [-0.2, -0.15) is 0 Å². The second-order valence-electron chi connectivity index (χ2n) is 20.4. The molecule has 0 saturated heterocycles. The fourth-order valence-corrected chi connectivity index (χ4v) is 12.4. The van der Waals surface area contributed by atoms with Gasteiger partial charge in [-0.1, -0.05) is 189 Å². The van der Waals surface area contributed by atoms with E-state index in [2.05, 4.69) is 267 Å². The number of fused-ring (bicyclic) bond motifs is 8. The summed E-state index contributed by atoms with van der Waals surface area (Å²) in [5, 5.41) is 5.43. The van der Waals surface area contributed by atoms with Crippen LogP contribution in [-0.2, 0) is 0 Å². The topological polar surface area (TPSA) is 24.6 Å². The van der Waals surface area contributed by atoms with Gasteiger partial charge in [-0.25, -0.2) is 0 Å². The standard InChI is InChI=1S/C73H56BN3O/c1-7-10-12-16-30-56(50-28-17-18-29-50)49(6)76-67-43-41-53(59-35-25-39-71-72(59)61-34-22-24-38-70(61)78-71)45-63(67)74-62-44-52(58-32-20-19-31-57(58)51-26-14-13-15-27-51)40-42-66(62)75(48(4)5)68-46-54(47-69(76)73(68)74)77-64(36-11-8-2)55(9-3)60-33-21-23-37-65(60)77/h8-17,19-20,22-32,34-48H,1,6,18H2,2-5H3/b11-8-,16-12-,55-9-,56-30+,64-36+. The number of hydrogen-bond acceptors (Lipinski definition) is 3. The van der Waals surface area contributed by atoms with Crippen LogP contribution in [0.15, 0.2) is 253 Å². The van der Waals surface area contributed by atoms with Crippen molar-refractivity contribution >= 4 is 90.8 Å². The Kier molecular flexibility index (Phi) is 12.2. The minimum Gasteiger partial charge on any atom is -0.456 e. The third kappa shape index (κ3) is 7.80. The van der Waals surface area contributed by atoms with Crippen molar-refractivity contribution in [3.05, 3.63) is 271 Å². The van der Waals surface area contributed by atoms with Crippen LogP contribution in [0, 0.1) is 12.1 Å². The van der Waals surface area contributed by atoms with Gasteiger partial charge in [0, 0.05) is 56.1 Å². The van der Waals surface area contributed by atoms with Gasteiger partial charge in [0.05, 0.1) is 21.9 Å². The van der Waals surface area contributed by atoms with Gasteiger partial charge in [-0.05, 0) is 150 Å². The summed E-state index contributed by atoms with van der Waals surface area (Å²) in [5.74, 6) is 0. The highest BCUT2D eigenvalue weighted by Crippen LogP contribution is 2.46. The summed E-state index contributed by atoms with van der Waals surface area (Å²) in [6.45, 7) is 17.6. The minimum absolute atomic E-state index is 0.0769. The Balaban J connectivity index is 1.16. The van der Waals surface area contributed by atoms with E-state index in [9.17, 15) is 0 Å². The van der Waals surface area contributed by atoms with E-state index in [0.717, 1.165) is 101 Å². The highest BCUT2D eigenvalue weighted by Gasteiger charge is 2.45. The molecule has 0 bridgehead atoms. The highest BCUT2D eigenvalue weighted by molar-refractivity contribution is 7.00. The van der Waals surface area contributed by atoms with Gasteiger partial charge in [-0.3, -0.25) is 0 Å². The van der Waals surface area contributed by atoms with Crippen molar-refractivity contribution in [1.82, 2.24) is 4.57 Å². The van der Waals surface area contributed by atoms with Gasteiger partial charge in [0.2, 0.25) is 0 Å². The van der Waals surface area contributed by atoms with E-state index in [0.29, 0.717) is 0 Å². The number of furan rings is 1. The lowest BCUT2D eigenvalue weighted by Crippen LogP contribution is -2.63. The maximum atomic E-state index is 6.53. The Labute approximate surface area is 457 Å². The molecule has 372 valence electrons. The van der Waals surface area contributed by atoms with E-state index in [1.54, 1.807) is 0 Å². The zero-order chi connectivity index (χ0) is 53.0. The number of anilines is 4. The normalized spacial score (nSPS) is 14.2. The number of nitrogens with zero attached hydrogens (tertiary/aromatic N) is 3. The molecule has 3 aliphatic rings. The molecule has 0 amide bonds. The zero-order valence-electron chi connectivity index (χ0n) is 44.4. The lowest BCUT2D eigenvalue weighted by atomic mass is 9.33. The largest absolute Gasteiger partial charge is 0.456 e. The molecule has 0 saturated carbocycles. The molecule has 8 aromatic carbocycles. The second-order valence-corrected chi connectivity index (χ2v) is 20.4. The summed E-state index contributed by atoms with van der Waals surface area (Å²) in [4.78, 5) is 5.03. The van der Waals surface area contributed by atoms with E-state index in [1.165, 1.54) is 44.3 Å². The van der Waals surface area contributed by atoms with Crippen LogP contribution in [0.5, 0.6) is 0 Å². The number of rotatable bonds is 11. The number of para-hydroxylation sites is 1. The summed E-state index contributed by atoms with van der Waals surface area (Å²) in [5.41, 5.74) is 24.9. The summed E-state index contributed by atoms with van der Waals surface area (Å²) >= 11 is 0. The van der Waals surface area contributed by atoms with Crippen molar-refractivity contribution in [3.8, 4) is 39.1 Å². The summed E-state index contributed by atoms with van der Waals surface area (Å²) < 4.78 is 8.95. The smallest absolute Gasteiger partial charge is 0.252 e. The zero-order valence-corrected chi connectivity index (χ0v) is 44.4. The van der Waals surface area contributed by atoms with Crippen LogP contribution in [0.3, 0.4) is 0 Å². The van der Waals surface area contributed by atoms with Crippen LogP contribution in [0.25, 0.3) is 84.1 Å². The fourth-order valence-electron chi connectivity index (χ4n) is 12.4. The molecular formula is C73H56BN3O. The first kappa shape index (κ1) is 48.0. The Hall–Kier alpha value is -9.72. The quantitative estimate of drug-likeness (QED) is 0.0733. The van der Waals surface area contributed by atoms with Gasteiger partial charge < -0.3 is 18.8 Å². The number of benzene rings is 7. The molecule has 5 heteroatoms. The fraction of sp³-hybridized carbons (Fsp3) is 0.0822. The lowest BCUT2D eigenvalue weighted by Gasteiger charge is -2.46. The molecule has 2 aromatic heterocycles. The van der Waals surface area contributed by atoms with E-state index in [-0.39, 0.29) is 12.8 Å². The van der Waals surface area contributed by atoms with E-state index < -0.39 is 0 Å². The molecule has 0 spiro atoms. The molecule has 78 heavy (non-hydrogen) atoms. The first-order valence-electron chi connectivity index (χ1n) is 27.0. The monoisotopic (exact) mass is 1000 g/mol. The molecule has 1 aliphatic carbocycles. The molecule has 0 atom stereocenters. The van der Waals surface area contributed by atoms with E-state index in [4.69, 9.17) is 11.0 Å². The Morgan fingerprint density at radius 3 is 2.21 bits per heavy atom. The molecule has 0 radical (unpaired) electrons. The SMILES string of the molecule is C=C=C/C=C\C=C(/C(=C)N1c2ccc(-c3cccc4oc5ccccc5c34)cc2B2c3cc(-c4ccccc4-c4ccccc4)ccc3N(C(C)C)c3cc(-n4c(=C/C=C\C)/c(=C\C)c5c#cccc54)cc1c32)C1=CCC=C1. The predicted octanol–water partition coefficient (Wildman–Crippen LogP) is 15.3. The first-order chi connectivity index (χ1) is 38.4. The number of allylic oxidation sites excluding steroid dienone is 10. The molecule has 0 unspecified atom stereocenters. The minimum atomic E-state index is -0.189. The highest BCUT2D eigenvalue weighted by atomic mass is 16.3. The van der Waals surface area contributed by atoms with Crippen LogP contribution >= 0.6 is 0 Å². The first-order valence-corrected chi connectivity index (χ1v) is 27.0. The number of aromatic nitrogens is 1. The Morgan fingerprint density at radius 2 is 1.44 bits per heavy atom. The van der Waals surface area contributed by atoms with Crippen LogP contribution in [0.1, 0.15) is 34.1 Å². The second kappa shape index (κ2) is 19.8. The summed E-state index contributed by atoms with van der Waals surface area (Å²) in [7, 11) is 0. The van der Waals surface area contributed by atoms with Crippen LogP contribution in [0.2, 0.25) is 0 Å². The van der Waals surface area contributed by atoms with Crippen molar-refractivity contribution in [2.24, 2.45) is 0 Å². The van der Waals surface area contributed by atoms with Crippen molar-refractivity contribution in [1.29, 1.82) is 0 Å². The van der Waals surface area contributed by atoms with Gasteiger partial charge in [-0.15, -0.1) is 5.73 Å². The Bertz CT molecular complexity index is 4450. The predicted molar refractivity (Wildman–Crippen MR) is 332 cm³/mol. The molecule has 13 rings (SSSR count).